The second-order valence-electron chi connectivity index (χ2n) is 6.28. The second kappa shape index (κ2) is 8.26. The Bertz CT molecular complexity index is 1040. The number of thiophene rings is 1. The van der Waals surface area contributed by atoms with E-state index in [0.29, 0.717) is 36.5 Å². The number of aliphatic hydroxyl groups excluding tert-OH is 1. The quantitative estimate of drug-likeness (QED) is 0.463. The molecule has 0 radical (unpaired) electrons. The fraction of sp³-hybridized carbons (Fsp3) is 0.353. The number of nitrogens with one attached hydrogen (secondary N) is 2. The molecule has 0 aliphatic heterocycles. The van der Waals surface area contributed by atoms with E-state index in [1.54, 1.807) is 11.1 Å². The Balaban J connectivity index is 1.85. The van der Waals surface area contributed by atoms with Crippen molar-refractivity contribution in [1.29, 1.82) is 0 Å². The van der Waals surface area contributed by atoms with E-state index >= 15 is 0 Å². The molecule has 0 bridgehead atoms. The van der Waals surface area contributed by atoms with Crippen molar-refractivity contribution in [3.8, 4) is 0 Å². The van der Waals surface area contributed by atoms with Crippen LogP contribution in [0.25, 0.3) is 0 Å². The Hall–Kier alpha value is -1.60. The van der Waals surface area contributed by atoms with Crippen LogP contribution in [0.2, 0.25) is 0 Å². The molecule has 1 atom stereocenters. The van der Waals surface area contributed by atoms with E-state index in [-0.39, 0.29) is 4.88 Å². The topological polar surface area (TPSA) is 95.5 Å². The molecule has 1 aromatic carbocycles. The van der Waals surface area contributed by atoms with Crippen molar-refractivity contribution < 1.29 is 31.5 Å². The molecule has 0 saturated heterocycles. The van der Waals surface area contributed by atoms with Crippen molar-refractivity contribution in [3.05, 3.63) is 45.8 Å². The molecule has 0 fully saturated rings. The lowest BCUT2D eigenvalue weighted by molar-refractivity contribution is -0.139. The number of hydrogen-bond donors (Lipinski definition) is 3. The van der Waals surface area contributed by atoms with Crippen molar-refractivity contribution in [2.24, 2.45) is 0 Å². The fourth-order valence-corrected chi connectivity index (χ4v) is 6.32. The number of rotatable bonds is 5. The molecule has 0 spiro atoms. The van der Waals surface area contributed by atoms with Gasteiger partial charge in [0.2, 0.25) is 0 Å². The van der Waals surface area contributed by atoms with Crippen LogP contribution in [0, 0.1) is 0 Å². The highest BCUT2D eigenvalue weighted by Gasteiger charge is 2.37. The van der Waals surface area contributed by atoms with Gasteiger partial charge in [0, 0.05) is 5.56 Å². The lowest BCUT2D eigenvalue weighted by atomic mass is 9.91. The van der Waals surface area contributed by atoms with Gasteiger partial charge in [0.15, 0.2) is 0 Å². The van der Waals surface area contributed by atoms with Crippen molar-refractivity contribution in [2.75, 3.05) is 6.26 Å². The summed E-state index contributed by atoms with van der Waals surface area (Å²) in [5.74, 6) is -0.784. The molecule has 0 saturated carbocycles. The first-order valence-electron chi connectivity index (χ1n) is 8.42. The molecule has 1 amide bonds. The maximum absolute atomic E-state index is 13.1. The Morgan fingerprint density at radius 3 is 2.66 bits per heavy atom. The van der Waals surface area contributed by atoms with Crippen LogP contribution in [0.5, 0.6) is 0 Å². The van der Waals surface area contributed by atoms with Crippen LogP contribution in [-0.2, 0) is 22.6 Å². The molecular formula is C17H17F3N2O4S3. The van der Waals surface area contributed by atoms with Gasteiger partial charge in [0.1, 0.15) is 0 Å². The lowest BCUT2D eigenvalue weighted by Crippen LogP contribution is -2.42. The van der Waals surface area contributed by atoms with E-state index in [9.17, 15) is 31.5 Å². The third-order valence-electron chi connectivity index (χ3n) is 4.42. The molecule has 2 aromatic rings. The van der Waals surface area contributed by atoms with Gasteiger partial charge in [-0.25, -0.2) is 8.42 Å². The number of hydrogen-bond acceptors (Lipinski definition) is 6. The van der Waals surface area contributed by atoms with Crippen LogP contribution in [-0.4, -0.2) is 25.7 Å². The predicted octanol–water partition coefficient (Wildman–Crippen LogP) is 3.48. The SMILES string of the molecule is CSc1sc(C(=O)NNS(=O)(=O)c2ccccc2C(F)(F)F)c2c1C(O)CCC2. The van der Waals surface area contributed by atoms with Crippen molar-refractivity contribution in [1.82, 2.24) is 10.3 Å². The summed E-state index contributed by atoms with van der Waals surface area (Å²) in [5.41, 5.74) is 1.98. The number of sulfonamides is 1. The minimum absolute atomic E-state index is 0.231. The van der Waals surface area contributed by atoms with E-state index in [2.05, 4.69) is 0 Å². The summed E-state index contributed by atoms with van der Waals surface area (Å²) in [6, 6.07) is 3.70. The number of benzene rings is 1. The summed E-state index contributed by atoms with van der Waals surface area (Å²) in [7, 11) is -4.66. The van der Waals surface area contributed by atoms with Crippen LogP contribution >= 0.6 is 23.1 Å². The summed E-state index contributed by atoms with van der Waals surface area (Å²) in [4.78, 5) is 13.6. The van der Waals surface area contributed by atoms with Gasteiger partial charge in [0.05, 0.1) is 25.6 Å². The first-order chi connectivity index (χ1) is 13.6. The third-order valence-corrected chi connectivity index (χ3v) is 8.11. The van der Waals surface area contributed by atoms with E-state index in [1.165, 1.54) is 11.8 Å². The normalized spacial score (nSPS) is 17.1. The predicted molar refractivity (Wildman–Crippen MR) is 103 cm³/mol. The van der Waals surface area contributed by atoms with Crippen LogP contribution in [0.1, 0.15) is 45.3 Å². The number of carbonyl (C=O) groups is 1. The summed E-state index contributed by atoms with van der Waals surface area (Å²) in [5, 5.41) is 10.2. The Kier molecular flexibility index (Phi) is 6.30. The minimum atomic E-state index is -4.87. The molecule has 3 rings (SSSR count). The van der Waals surface area contributed by atoms with Gasteiger partial charge in [-0.05, 0) is 43.2 Å². The fourth-order valence-electron chi connectivity index (χ4n) is 3.15. The number of hydrazine groups is 1. The zero-order valence-corrected chi connectivity index (χ0v) is 17.5. The molecular weight excluding hydrogens is 449 g/mol. The standard InChI is InChI=1S/C17H17F3N2O4S3/c1-27-16-13-9(5-4-7-11(13)23)14(28-16)15(24)21-22-29(25,26)12-8-3-2-6-10(12)17(18,19)20/h2-3,6,8,11,22-23H,4-5,7H2,1H3,(H,21,24). The molecule has 158 valence electrons. The average molecular weight is 467 g/mol. The third kappa shape index (κ3) is 4.45. The summed E-state index contributed by atoms with van der Waals surface area (Å²) >= 11 is 2.48. The number of halogens is 3. The number of alkyl halides is 3. The van der Waals surface area contributed by atoms with Gasteiger partial charge in [-0.3, -0.25) is 10.2 Å². The smallest absolute Gasteiger partial charge is 0.388 e. The molecule has 1 aliphatic rings. The summed E-state index contributed by atoms with van der Waals surface area (Å²) in [6.07, 6.45) is -1.98. The van der Waals surface area contributed by atoms with Crippen molar-refractivity contribution >= 4 is 39.0 Å². The van der Waals surface area contributed by atoms with E-state index in [1.807, 2.05) is 5.43 Å². The first-order valence-corrected chi connectivity index (χ1v) is 11.9. The van der Waals surface area contributed by atoms with Gasteiger partial charge in [-0.15, -0.1) is 27.9 Å². The first kappa shape index (κ1) is 22.1. The zero-order chi connectivity index (χ0) is 21.4. The highest BCUT2D eigenvalue weighted by Crippen LogP contribution is 2.43. The van der Waals surface area contributed by atoms with Crippen molar-refractivity contribution in [3.63, 3.8) is 0 Å². The van der Waals surface area contributed by atoms with Gasteiger partial charge >= 0.3 is 6.18 Å². The highest BCUT2D eigenvalue weighted by molar-refractivity contribution is 8.00. The summed E-state index contributed by atoms with van der Waals surface area (Å²) < 4.78 is 64.8. The molecule has 1 aliphatic carbocycles. The Labute approximate surface area is 173 Å². The van der Waals surface area contributed by atoms with Gasteiger partial charge in [-0.1, -0.05) is 12.1 Å². The van der Waals surface area contributed by atoms with Crippen LogP contribution in [0.4, 0.5) is 13.2 Å². The molecule has 29 heavy (non-hydrogen) atoms. The zero-order valence-electron chi connectivity index (χ0n) is 15.0. The monoisotopic (exact) mass is 466 g/mol. The van der Waals surface area contributed by atoms with E-state index in [0.717, 1.165) is 33.7 Å². The van der Waals surface area contributed by atoms with Crippen molar-refractivity contribution in [2.45, 2.75) is 40.6 Å². The van der Waals surface area contributed by atoms with Gasteiger partial charge in [-0.2, -0.15) is 13.2 Å². The van der Waals surface area contributed by atoms with E-state index < -0.39 is 38.7 Å². The maximum atomic E-state index is 13.1. The molecule has 3 N–H and O–H groups in total. The highest BCUT2D eigenvalue weighted by atomic mass is 32.2. The number of fused-ring (bicyclic) bond motifs is 1. The Morgan fingerprint density at radius 1 is 1.31 bits per heavy atom. The number of carbonyl (C=O) groups excluding carboxylic acids is 1. The maximum Gasteiger partial charge on any atom is 0.417 e. The molecule has 1 unspecified atom stereocenters. The second-order valence-corrected chi connectivity index (χ2v) is 10.0. The molecule has 1 heterocycles. The Morgan fingerprint density at radius 2 is 2.00 bits per heavy atom. The van der Waals surface area contributed by atoms with Crippen LogP contribution in [0.15, 0.2) is 33.4 Å². The minimum Gasteiger partial charge on any atom is -0.388 e. The van der Waals surface area contributed by atoms with Crippen LogP contribution in [0.3, 0.4) is 0 Å². The number of thioether (sulfide) groups is 1. The van der Waals surface area contributed by atoms with Crippen LogP contribution < -0.4 is 10.3 Å². The summed E-state index contributed by atoms with van der Waals surface area (Å²) in [6.45, 7) is 0. The van der Waals surface area contributed by atoms with Gasteiger partial charge < -0.3 is 5.11 Å². The molecule has 1 aromatic heterocycles. The molecule has 6 nitrogen and oxygen atoms in total. The molecule has 12 heteroatoms. The van der Waals surface area contributed by atoms with E-state index in [4.69, 9.17) is 0 Å². The average Bonchev–Trinajstić information content (AvgIpc) is 3.06. The largest absolute Gasteiger partial charge is 0.417 e. The number of amides is 1. The lowest BCUT2D eigenvalue weighted by Gasteiger charge is -2.19. The van der Waals surface area contributed by atoms with Gasteiger partial charge in [0.25, 0.3) is 15.9 Å². The number of aliphatic hydroxyl groups is 1.